The standard InChI is InChI=1S/C12H20N4O2/c1-3-9-10(13)11(16(2)15-9)12(18)14-6-7-4-8(17)5-7/h7-8,17H,3-6,13H2,1-2H3,(H,14,18). The van der Waals surface area contributed by atoms with Crippen LogP contribution in [0.25, 0.3) is 0 Å². The first-order chi connectivity index (χ1) is 8.52. The lowest BCUT2D eigenvalue weighted by molar-refractivity contribution is 0.0419. The van der Waals surface area contributed by atoms with Gasteiger partial charge in [0.2, 0.25) is 0 Å². The summed E-state index contributed by atoms with van der Waals surface area (Å²) in [5.74, 6) is 0.188. The number of aliphatic hydroxyl groups excluding tert-OH is 1. The van der Waals surface area contributed by atoms with E-state index in [1.54, 1.807) is 7.05 Å². The van der Waals surface area contributed by atoms with Crippen LogP contribution in [0.15, 0.2) is 0 Å². The zero-order chi connectivity index (χ0) is 13.3. The summed E-state index contributed by atoms with van der Waals surface area (Å²) in [6, 6.07) is 0. The molecular formula is C12H20N4O2. The number of aliphatic hydroxyl groups is 1. The van der Waals surface area contributed by atoms with Gasteiger partial charge in [0.05, 0.1) is 17.5 Å². The lowest BCUT2D eigenvalue weighted by Gasteiger charge is -2.31. The average molecular weight is 252 g/mol. The van der Waals surface area contributed by atoms with Gasteiger partial charge in [-0.3, -0.25) is 9.48 Å². The minimum atomic E-state index is -0.194. The van der Waals surface area contributed by atoms with E-state index in [-0.39, 0.29) is 12.0 Å². The second-order valence-corrected chi connectivity index (χ2v) is 4.89. The molecule has 18 heavy (non-hydrogen) atoms. The largest absolute Gasteiger partial charge is 0.395 e. The molecule has 0 atom stereocenters. The number of nitrogens with two attached hydrogens (primary N) is 1. The Labute approximate surface area is 106 Å². The van der Waals surface area contributed by atoms with Crippen LogP contribution in [0.1, 0.15) is 35.9 Å². The van der Waals surface area contributed by atoms with Crippen LogP contribution < -0.4 is 11.1 Å². The first-order valence-electron chi connectivity index (χ1n) is 6.30. The Morgan fingerprint density at radius 1 is 1.61 bits per heavy atom. The lowest BCUT2D eigenvalue weighted by Crippen LogP contribution is -2.39. The highest BCUT2D eigenvalue weighted by atomic mass is 16.3. The second-order valence-electron chi connectivity index (χ2n) is 4.89. The number of rotatable bonds is 4. The van der Waals surface area contributed by atoms with Gasteiger partial charge >= 0.3 is 0 Å². The highest BCUT2D eigenvalue weighted by molar-refractivity contribution is 5.97. The molecule has 1 fully saturated rings. The van der Waals surface area contributed by atoms with Crippen LogP contribution >= 0.6 is 0 Å². The van der Waals surface area contributed by atoms with Crippen molar-refractivity contribution in [2.45, 2.75) is 32.3 Å². The zero-order valence-corrected chi connectivity index (χ0v) is 10.8. The maximum Gasteiger partial charge on any atom is 0.271 e. The van der Waals surface area contributed by atoms with Crippen LogP contribution in [-0.4, -0.2) is 33.4 Å². The Balaban J connectivity index is 1.98. The number of hydrogen-bond donors (Lipinski definition) is 3. The summed E-state index contributed by atoms with van der Waals surface area (Å²) in [5.41, 5.74) is 7.54. The molecule has 0 aromatic carbocycles. The highest BCUT2D eigenvalue weighted by Crippen LogP contribution is 2.26. The van der Waals surface area contributed by atoms with Gasteiger partial charge in [0.1, 0.15) is 5.69 Å². The fraction of sp³-hybridized carbons (Fsp3) is 0.667. The molecule has 100 valence electrons. The number of hydrogen-bond acceptors (Lipinski definition) is 4. The number of anilines is 1. The second kappa shape index (κ2) is 4.97. The van der Waals surface area contributed by atoms with Crippen molar-refractivity contribution in [1.82, 2.24) is 15.1 Å². The fourth-order valence-electron chi connectivity index (χ4n) is 2.31. The first kappa shape index (κ1) is 12.9. The third-order valence-electron chi connectivity index (χ3n) is 3.47. The maximum atomic E-state index is 12.0. The van der Waals surface area contributed by atoms with Crippen LogP contribution in [0, 0.1) is 5.92 Å². The van der Waals surface area contributed by atoms with Gasteiger partial charge in [-0.1, -0.05) is 6.92 Å². The van der Waals surface area contributed by atoms with E-state index in [1.165, 1.54) is 4.68 Å². The molecule has 6 heteroatoms. The predicted octanol–water partition coefficient (Wildman–Crippen LogP) is 0.0654. The number of aromatic nitrogens is 2. The van der Waals surface area contributed by atoms with Gasteiger partial charge in [0.25, 0.3) is 5.91 Å². The summed E-state index contributed by atoms with van der Waals surface area (Å²) in [6.07, 6.45) is 2.05. The molecule has 0 aliphatic heterocycles. The zero-order valence-electron chi connectivity index (χ0n) is 10.8. The van der Waals surface area contributed by atoms with Gasteiger partial charge in [0.15, 0.2) is 0 Å². The number of nitrogens with one attached hydrogen (secondary N) is 1. The van der Waals surface area contributed by atoms with Crippen LogP contribution in [-0.2, 0) is 13.5 Å². The number of carbonyl (C=O) groups excluding carboxylic acids is 1. The number of aryl methyl sites for hydroxylation is 2. The van der Waals surface area contributed by atoms with Crippen molar-refractivity contribution in [2.24, 2.45) is 13.0 Å². The van der Waals surface area contributed by atoms with E-state index >= 15 is 0 Å². The molecule has 0 radical (unpaired) electrons. The van der Waals surface area contributed by atoms with Crippen LogP contribution in [0.4, 0.5) is 5.69 Å². The van der Waals surface area contributed by atoms with Gasteiger partial charge in [0, 0.05) is 13.6 Å². The van der Waals surface area contributed by atoms with E-state index < -0.39 is 0 Å². The molecule has 1 amide bonds. The molecule has 1 heterocycles. The summed E-state index contributed by atoms with van der Waals surface area (Å²) < 4.78 is 1.53. The van der Waals surface area contributed by atoms with Crippen molar-refractivity contribution >= 4 is 11.6 Å². The van der Waals surface area contributed by atoms with Gasteiger partial charge in [-0.15, -0.1) is 0 Å². The van der Waals surface area contributed by atoms with Crippen molar-refractivity contribution in [3.8, 4) is 0 Å². The van der Waals surface area contributed by atoms with E-state index in [1.807, 2.05) is 6.92 Å². The normalized spacial score (nSPS) is 22.6. The van der Waals surface area contributed by atoms with E-state index in [0.717, 1.165) is 18.5 Å². The molecule has 0 unspecified atom stereocenters. The summed E-state index contributed by atoms with van der Waals surface area (Å²) in [5, 5.41) is 16.2. The van der Waals surface area contributed by atoms with Gasteiger partial charge in [-0.25, -0.2) is 0 Å². The summed E-state index contributed by atoms with van der Waals surface area (Å²) >= 11 is 0. The smallest absolute Gasteiger partial charge is 0.271 e. The lowest BCUT2D eigenvalue weighted by atomic mass is 9.82. The molecule has 1 aliphatic carbocycles. The van der Waals surface area contributed by atoms with Crippen molar-refractivity contribution in [2.75, 3.05) is 12.3 Å². The molecule has 6 nitrogen and oxygen atoms in total. The molecule has 1 saturated carbocycles. The third-order valence-corrected chi connectivity index (χ3v) is 3.47. The molecule has 0 bridgehead atoms. The Morgan fingerprint density at radius 2 is 2.28 bits per heavy atom. The van der Waals surface area contributed by atoms with Crippen molar-refractivity contribution in [1.29, 1.82) is 0 Å². The minimum absolute atomic E-state index is 0.191. The number of amides is 1. The number of nitrogens with zero attached hydrogens (tertiary/aromatic N) is 2. The molecule has 0 saturated heterocycles. The topological polar surface area (TPSA) is 93.2 Å². The molecule has 0 spiro atoms. The van der Waals surface area contributed by atoms with Crippen LogP contribution in [0.3, 0.4) is 0 Å². The molecule has 1 aliphatic rings. The summed E-state index contributed by atoms with van der Waals surface area (Å²) in [6.45, 7) is 2.54. The van der Waals surface area contributed by atoms with E-state index in [2.05, 4.69) is 10.4 Å². The molecular weight excluding hydrogens is 232 g/mol. The van der Waals surface area contributed by atoms with Crippen LogP contribution in [0.5, 0.6) is 0 Å². The molecule has 4 N–H and O–H groups in total. The molecule has 1 aromatic heterocycles. The van der Waals surface area contributed by atoms with E-state index in [4.69, 9.17) is 5.73 Å². The van der Waals surface area contributed by atoms with Gasteiger partial charge in [-0.2, -0.15) is 5.10 Å². The van der Waals surface area contributed by atoms with Crippen molar-refractivity contribution in [3.05, 3.63) is 11.4 Å². The Bertz CT molecular complexity index is 449. The van der Waals surface area contributed by atoms with Gasteiger partial charge in [-0.05, 0) is 25.2 Å². The molecule has 2 rings (SSSR count). The minimum Gasteiger partial charge on any atom is -0.395 e. The highest BCUT2D eigenvalue weighted by Gasteiger charge is 2.28. The quantitative estimate of drug-likeness (QED) is 0.706. The number of nitrogen functional groups attached to an aromatic ring is 1. The summed E-state index contributed by atoms with van der Waals surface area (Å²) in [4.78, 5) is 12.0. The predicted molar refractivity (Wildman–Crippen MR) is 68.1 cm³/mol. The third kappa shape index (κ3) is 2.33. The Kier molecular flexibility index (Phi) is 3.56. The monoisotopic (exact) mass is 252 g/mol. The van der Waals surface area contributed by atoms with Crippen molar-refractivity contribution in [3.63, 3.8) is 0 Å². The van der Waals surface area contributed by atoms with E-state index in [0.29, 0.717) is 30.3 Å². The van der Waals surface area contributed by atoms with Crippen molar-refractivity contribution < 1.29 is 9.90 Å². The van der Waals surface area contributed by atoms with Crippen LogP contribution in [0.2, 0.25) is 0 Å². The Hall–Kier alpha value is -1.56. The SMILES string of the molecule is CCc1nn(C)c(C(=O)NCC2CC(O)C2)c1N. The van der Waals surface area contributed by atoms with Gasteiger partial charge < -0.3 is 16.2 Å². The molecule has 1 aromatic rings. The number of carbonyl (C=O) groups is 1. The first-order valence-corrected chi connectivity index (χ1v) is 6.30. The summed E-state index contributed by atoms with van der Waals surface area (Å²) in [7, 11) is 1.72. The Morgan fingerprint density at radius 3 is 2.78 bits per heavy atom. The maximum absolute atomic E-state index is 12.0. The average Bonchev–Trinajstić information content (AvgIpc) is 2.58. The van der Waals surface area contributed by atoms with E-state index in [9.17, 15) is 9.90 Å². The fourth-order valence-corrected chi connectivity index (χ4v) is 2.31.